The summed E-state index contributed by atoms with van der Waals surface area (Å²) in [6, 6.07) is 7.36. The van der Waals surface area contributed by atoms with Crippen LogP contribution in [0.2, 0.25) is 0 Å². The Hall–Kier alpha value is -2.10. The molecule has 0 atom stereocenters. The first-order valence-corrected chi connectivity index (χ1v) is 9.35. The lowest BCUT2D eigenvalue weighted by Gasteiger charge is -2.56. The Morgan fingerprint density at radius 1 is 1.08 bits per heavy atom. The van der Waals surface area contributed by atoms with Crippen LogP contribution < -0.4 is 0 Å². The second-order valence-corrected chi connectivity index (χ2v) is 8.44. The Bertz CT molecular complexity index is 728. The number of nitrogens with zero attached hydrogens (tertiary/aromatic N) is 1. The van der Waals surface area contributed by atoms with Gasteiger partial charge in [-0.15, -0.1) is 0 Å². The van der Waals surface area contributed by atoms with Gasteiger partial charge in [0.2, 0.25) is 0 Å². The van der Waals surface area contributed by atoms with E-state index >= 15 is 0 Å². The minimum Gasteiger partial charge on any atom is -0.462 e. The molecule has 4 saturated carbocycles. The van der Waals surface area contributed by atoms with Crippen LogP contribution >= 0.6 is 0 Å². The Labute approximate surface area is 147 Å². The van der Waals surface area contributed by atoms with E-state index in [1.165, 1.54) is 44.9 Å². The fourth-order valence-electron chi connectivity index (χ4n) is 5.90. The molecular formula is C21H23NO3. The Morgan fingerprint density at radius 2 is 1.72 bits per heavy atom. The first kappa shape index (κ1) is 15.2. The van der Waals surface area contributed by atoms with Gasteiger partial charge in [-0.05, 0) is 68.4 Å². The summed E-state index contributed by atoms with van der Waals surface area (Å²) in [5.74, 6) is 3.14. The largest absolute Gasteiger partial charge is 0.462 e. The molecule has 4 aliphatic carbocycles. The minimum atomic E-state index is -0.208. The quantitative estimate of drug-likeness (QED) is 0.758. The first-order valence-electron chi connectivity index (χ1n) is 9.35. The summed E-state index contributed by atoms with van der Waals surface area (Å²) in [6.45, 7) is 0.596. The van der Waals surface area contributed by atoms with Gasteiger partial charge in [-0.3, -0.25) is 0 Å². The van der Waals surface area contributed by atoms with Crippen molar-refractivity contribution in [1.29, 1.82) is 0 Å². The highest BCUT2D eigenvalue weighted by atomic mass is 16.5. The van der Waals surface area contributed by atoms with E-state index in [4.69, 9.17) is 9.15 Å². The lowest BCUT2D eigenvalue weighted by molar-refractivity contribution is -0.0848. The third-order valence-corrected chi connectivity index (χ3v) is 6.51. The predicted molar refractivity (Wildman–Crippen MR) is 92.8 cm³/mol. The zero-order chi connectivity index (χ0) is 16.9. The molecule has 0 radical (unpaired) electrons. The van der Waals surface area contributed by atoms with Crippen LogP contribution in [0, 0.1) is 23.2 Å². The Balaban J connectivity index is 1.25. The maximum Gasteiger partial charge on any atom is 0.338 e. The molecule has 0 aliphatic heterocycles. The molecule has 4 aliphatic rings. The first-order chi connectivity index (χ1) is 12.2. The van der Waals surface area contributed by atoms with E-state index in [2.05, 4.69) is 4.98 Å². The summed E-state index contributed by atoms with van der Waals surface area (Å²) in [6.07, 6.45) is 11.1. The smallest absolute Gasteiger partial charge is 0.338 e. The van der Waals surface area contributed by atoms with E-state index in [1.807, 2.05) is 12.1 Å². The number of aromatic nitrogens is 1. The molecule has 4 nitrogen and oxygen atoms in total. The fourth-order valence-corrected chi connectivity index (χ4v) is 5.90. The standard InChI is InChI=1S/C21H23NO3/c23-20(18-3-1-17(2-4-18)19-11-22-13-25-19)24-12-21-8-14-5-15(9-21)7-16(6-14)10-21/h1-4,11,13-16H,5-10,12H2. The fraction of sp³-hybridized carbons (Fsp3) is 0.524. The van der Waals surface area contributed by atoms with Crippen LogP contribution in [0.25, 0.3) is 11.3 Å². The zero-order valence-electron chi connectivity index (χ0n) is 14.3. The number of benzene rings is 1. The normalized spacial score (nSPS) is 32.7. The van der Waals surface area contributed by atoms with Crippen LogP contribution in [-0.2, 0) is 4.74 Å². The molecule has 0 N–H and O–H groups in total. The summed E-state index contributed by atoms with van der Waals surface area (Å²) in [7, 11) is 0. The van der Waals surface area contributed by atoms with Gasteiger partial charge in [0.05, 0.1) is 18.4 Å². The number of rotatable bonds is 4. The van der Waals surface area contributed by atoms with E-state index in [0.717, 1.165) is 23.3 Å². The van der Waals surface area contributed by atoms with Crippen molar-refractivity contribution in [3.8, 4) is 11.3 Å². The van der Waals surface area contributed by atoms with Crippen molar-refractivity contribution in [2.24, 2.45) is 23.2 Å². The van der Waals surface area contributed by atoms with Crippen LogP contribution in [0.1, 0.15) is 48.9 Å². The maximum atomic E-state index is 12.5. The van der Waals surface area contributed by atoms with Gasteiger partial charge in [-0.1, -0.05) is 12.1 Å². The van der Waals surface area contributed by atoms with Crippen molar-refractivity contribution < 1.29 is 13.9 Å². The Kier molecular flexibility index (Phi) is 3.47. The molecule has 1 aromatic heterocycles. The van der Waals surface area contributed by atoms with Crippen LogP contribution in [0.15, 0.2) is 41.3 Å². The van der Waals surface area contributed by atoms with Gasteiger partial charge in [-0.25, -0.2) is 9.78 Å². The third-order valence-electron chi connectivity index (χ3n) is 6.51. The summed E-state index contributed by atoms with van der Waals surface area (Å²) in [5, 5.41) is 0. The molecule has 130 valence electrons. The molecule has 2 aromatic rings. The number of hydrogen-bond acceptors (Lipinski definition) is 4. The third kappa shape index (κ3) is 2.78. The zero-order valence-corrected chi connectivity index (χ0v) is 14.3. The topological polar surface area (TPSA) is 52.3 Å². The summed E-state index contributed by atoms with van der Waals surface area (Å²) in [4.78, 5) is 16.4. The van der Waals surface area contributed by atoms with Crippen LogP contribution in [0.3, 0.4) is 0 Å². The van der Waals surface area contributed by atoms with Gasteiger partial charge in [0.15, 0.2) is 12.2 Å². The van der Waals surface area contributed by atoms with Crippen LogP contribution in [0.5, 0.6) is 0 Å². The highest BCUT2D eigenvalue weighted by molar-refractivity contribution is 5.90. The molecule has 25 heavy (non-hydrogen) atoms. The van der Waals surface area contributed by atoms with E-state index in [9.17, 15) is 4.79 Å². The van der Waals surface area contributed by atoms with E-state index in [0.29, 0.717) is 17.9 Å². The average Bonchev–Trinajstić information content (AvgIpc) is 3.13. The molecule has 4 bridgehead atoms. The van der Waals surface area contributed by atoms with Gasteiger partial charge in [0.25, 0.3) is 0 Å². The molecular weight excluding hydrogens is 314 g/mol. The monoisotopic (exact) mass is 337 g/mol. The number of oxazole rings is 1. The number of ether oxygens (including phenoxy) is 1. The second-order valence-electron chi connectivity index (χ2n) is 8.44. The highest BCUT2D eigenvalue weighted by Crippen LogP contribution is 2.60. The van der Waals surface area contributed by atoms with Crippen molar-refractivity contribution in [1.82, 2.24) is 4.98 Å². The summed E-state index contributed by atoms with van der Waals surface area (Å²) < 4.78 is 11.0. The average molecular weight is 337 g/mol. The molecule has 4 fully saturated rings. The van der Waals surface area contributed by atoms with Crippen molar-refractivity contribution >= 4 is 5.97 Å². The van der Waals surface area contributed by atoms with Gasteiger partial charge in [-0.2, -0.15) is 0 Å². The summed E-state index contributed by atoms with van der Waals surface area (Å²) in [5.41, 5.74) is 1.78. The molecule has 1 aromatic carbocycles. The highest BCUT2D eigenvalue weighted by Gasteiger charge is 2.51. The van der Waals surface area contributed by atoms with E-state index in [1.54, 1.807) is 18.3 Å². The van der Waals surface area contributed by atoms with Crippen molar-refractivity contribution in [2.75, 3.05) is 6.61 Å². The molecule has 0 unspecified atom stereocenters. The van der Waals surface area contributed by atoms with E-state index < -0.39 is 0 Å². The molecule has 1 heterocycles. The maximum absolute atomic E-state index is 12.5. The number of hydrogen-bond donors (Lipinski definition) is 0. The van der Waals surface area contributed by atoms with Gasteiger partial charge in [0.1, 0.15) is 0 Å². The van der Waals surface area contributed by atoms with Crippen LogP contribution in [-0.4, -0.2) is 17.6 Å². The van der Waals surface area contributed by atoms with Gasteiger partial charge < -0.3 is 9.15 Å². The van der Waals surface area contributed by atoms with E-state index in [-0.39, 0.29) is 11.4 Å². The van der Waals surface area contributed by atoms with Gasteiger partial charge in [0, 0.05) is 11.0 Å². The second kappa shape index (κ2) is 5.72. The molecule has 6 rings (SSSR count). The van der Waals surface area contributed by atoms with Crippen molar-refractivity contribution in [3.05, 3.63) is 42.4 Å². The van der Waals surface area contributed by atoms with Gasteiger partial charge >= 0.3 is 5.97 Å². The number of carbonyl (C=O) groups excluding carboxylic acids is 1. The molecule has 4 heteroatoms. The molecule has 0 spiro atoms. The Morgan fingerprint density at radius 3 is 2.28 bits per heavy atom. The van der Waals surface area contributed by atoms with Crippen LogP contribution in [0.4, 0.5) is 0 Å². The lowest BCUT2D eigenvalue weighted by atomic mass is 9.50. The lowest BCUT2D eigenvalue weighted by Crippen LogP contribution is -2.48. The molecule has 0 saturated heterocycles. The summed E-state index contributed by atoms with van der Waals surface area (Å²) >= 11 is 0. The number of esters is 1. The van der Waals surface area contributed by atoms with Crippen molar-refractivity contribution in [3.63, 3.8) is 0 Å². The SMILES string of the molecule is O=C(OCC12CC3CC(CC(C3)C1)C2)c1ccc(-c2cnco2)cc1. The molecule has 0 amide bonds. The number of carbonyl (C=O) groups is 1. The van der Waals surface area contributed by atoms with Crippen molar-refractivity contribution in [2.45, 2.75) is 38.5 Å². The predicted octanol–water partition coefficient (Wildman–Crippen LogP) is 4.71. The minimum absolute atomic E-state index is 0.208.